The molecule has 0 fully saturated rings. The maximum absolute atomic E-state index is 9.75. The van der Waals surface area contributed by atoms with Crippen molar-refractivity contribution in [3.63, 3.8) is 0 Å². The van der Waals surface area contributed by atoms with Gasteiger partial charge in [-0.2, -0.15) is 0 Å². The highest BCUT2D eigenvalue weighted by Crippen LogP contribution is 2.27. The fraction of sp³-hybridized carbons (Fsp3) is 0.400. The van der Waals surface area contributed by atoms with E-state index in [-0.39, 0.29) is 0 Å². The van der Waals surface area contributed by atoms with Crippen LogP contribution >= 0.6 is 31.9 Å². The van der Waals surface area contributed by atoms with E-state index in [0.717, 1.165) is 10.0 Å². The zero-order valence-electron chi connectivity index (χ0n) is 7.74. The van der Waals surface area contributed by atoms with Gasteiger partial charge < -0.3 is 10.2 Å². The third kappa shape index (κ3) is 2.79. The van der Waals surface area contributed by atoms with Gasteiger partial charge in [-0.25, -0.2) is 0 Å². The van der Waals surface area contributed by atoms with Gasteiger partial charge in [-0.1, -0.05) is 44.0 Å². The summed E-state index contributed by atoms with van der Waals surface area (Å²) < 4.78 is 0.824. The molecule has 1 aromatic rings. The number of alkyl halides is 1. The van der Waals surface area contributed by atoms with Crippen molar-refractivity contribution in [2.24, 2.45) is 0 Å². The predicted octanol–water partition coefficient (Wildman–Crippen LogP) is 2.55. The molecule has 78 valence electrons. The van der Waals surface area contributed by atoms with Crippen LogP contribution in [0.25, 0.3) is 0 Å². The Morgan fingerprint density at radius 2 is 2.00 bits per heavy atom. The average molecular weight is 324 g/mol. The summed E-state index contributed by atoms with van der Waals surface area (Å²) >= 11 is 6.49. The normalized spacial score (nSPS) is 15.2. The number of aryl methyl sites for hydroxylation is 1. The molecule has 0 bridgehead atoms. The van der Waals surface area contributed by atoms with Gasteiger partial charge in [0, 0.05) is 9.80 Å². The number of hydrogen-bond donors (Lipinski definition) is 2. The van der Waals surface area contributed by atoms with Crippen LogP contribution in [-0.4, -0.2) is 21.6 Å². The molecule has 14 heavy (non-hydrogen) atoms. The molecule has 1 rings (SSSR count). The van der Waals surface area contributed by atoms with Gasteiger partial charge in [-0.05, 0) is 24.1 Å². The topological polar surface area (TPSA) is 40.5 Å². The Labute approximate surface area is 100 Å². The van der Waals surface area contributed by atoms with Gasteiger partial charge in [-0.3, -0.25) is 0 Å². The molecule has 2 N–H and O–H groups in total. The lowest BCUT2D eigenvalue weighted by atomic mass is 10.0. The first-order valence-electron chi connectivity index (χ1n) is 4.24. The van der Waals surface area contributed by atoms with E-state index in [9.17, 15) is 10.2 Å². The van der Waals surface area contributed by atoms with Crippen LogP contribution in [0.15, 0.2) is 22.7 Å². The molecule has 0 heterocycles. The van der Waals surface area contributed by atoms with Crippen molar-refractivity contribution >= 4 is 31.9 Å². The highest BCUT2D eigenvalue weighted by Gasteiger charge is 2.19. The van der Waals surface area contributed by atoms with Crippen LogP contribution in [0.1, 0.15) is 17.2 Å². The van der Waals surface area contributed by atoms with Crippen LogP contribution in [0.4, 0.5) is 0 Å². The number of hydrogen-bond acceptors (Lipinski definition) is 2. The Morgan fingerprint density at radius 3 is 2.50 bits per heavy atom. The number of halogens is 2. The summed E-state index contributed by atoms with van der Waals surface area (Å²) in [6, 6.07) is 5.64. The van der Waals surface area contributed by atoms with Crippen molar-refractivity contribution in [3.8, 4) is 0 Å². The predicted molar refractivity (Wildman–Crippen MR) is 63.6 cm³/mol. The summed E-state index contributed by atoms with van der Waals surface area (Å²) in [6.07, 6.45) is -1.64. The fourth-order valence-electron chi connectivity index (χ4n) is 1.16. The van der Waals surface area contributed by atoms with Crippen molar-refractivity contribution in [3.05, 3.63) is 33.8 Å². The van der Waals surface area contributed by atoms with Gasteiger partial charge in [0.25, 0.3) is 0 Å². The molecule has 0 aliphatic rings. The molecule has 0 radical (unpaired) electrons. The Morgan fingerprint density at radius 1 is 1.36 bits per heavy atom. The minimum atomic E-state index is -0.857. The molecular weight excluding hydrogens is 312 g/mol. The molecule has 0 amide bonds. The minimum Gasteiger partial charge on any atom is -0.389 e. The van der Waals surface area contributed by atoms with Gasteiger partial charge in [-0.15, -0.1) is 0 Å². The van der Waals surface area contributed by atoms with E-state index >= 15 is 0 Å². The first kappa shape index (κ1) is 12.2. The van der Waals surface area contributed by atoms with Crippen molar-refractivity contribution in [1.29, 1.82) is 0 Å². The molecule has 0 aromatic heterocycles. The summed E-state index contributed by atoms with van der Waals surface area (Å²) in [5.41, 5.74) is 1.82. The van der Waals surface area contributed by atoms with Crippen LogP contribution in [0.5, 0.6) is 0 Å². The zero-order valence-corrected chi connectivity index (χ0v) is 10.9. The first-order valence-corrected chi connectivity index (χ1v) is 6.16. The van der Waals surface area contributed by atoms with Gasteiger partial charge in [0.2, 0.25) is 0 Å². The van der Waals surface area contributed by atoms with E-state index in [4.69, 9.17) is 0 Å². The third-order valence-electron chi connectivity index (χ3n) is 2.00. The van der Waals surface area contributed by atoms with Crippen LogP contribution < -0.4 is 0 Å². The smallest absolute Gasteiger partial charge is 0.107 e. The Hall–Kier alpha value is 0.1000. The second kappa shape index (κ2) is 5.26. The molecule has 2 atom stereocenters. The number of aliphatic hydroxyl groups is 2. The third-order valence-corrected chi connectivity index (χ3v) is 3.35. The number of aliphatic hydroxyl groups excluding tert-OH is 2. The Kier molecular flexibility index (Phi) is 4.57. The SMILES string of the molecule is Cc1ccc(C(O)C(O)CBr)c(Br)c1. The number of benzene rings is 1. The summed E-state index contributed by atoms with van der Waals surface area (Å²) in [6.45, 7) is 1.97. The summed E-state index contributed by atoms with van der Waals surface area (Å²) in [4.78, 5) is 0. The fourth-order valence-corrected chi connectivity index (χ4v) is 2.25. The lowest BCUT2D eigenvalue weighted by molar-refractivity contribution is 0.0338. The van der Waals surface area contributed by atoms with Crippen molar-refractivity contribution in [2.45, 2.75) is 19.1 Å². The molecule has 2 unspecified atom stereocenters. The maximum atomic E-state index is 9.75. The van der Waals surface area contributed by atoms with Gasteiger partial charge >= 0.3 is 0 Å². The lowest BCUT2D eigenvalue weighted by Gasteiger charge is -2.17. The summed E-state index contributed by atoms with van der Waals surface area (Å²) in [5, 5.41) is 19.6. The van der Waals surface area contributed by atoms with Gasteiger partial charge in [0.1, 0.15) is 6.10 Å². The van der Waals surface area contributed by atoms with Crippen molar-refractivity contribution in [1.82, 2.24) is 0 Å². The van der Waals surface area contributed by atoms with E-state index in [1.54, 1.807) is 0 Å². The minimum absolute atomic E-state index is 0.356. The highest BCUT2D eigenvalue weighted by molar-refractivity contribution is 9.10. The van der Waals surface area contributed by atoms with E-state index in [1.165, 1.54) is 0 Å². The molecule has 0 saturated carbocycles. The molecular formula is C10H12Br2O2. The zero-order chi connectivity index (χ0) is 10.7. The van der Waals surface area contributed by atoms with E-state index in [2.05, 4.69) is 31.9 Å². The standard InChI is InChI=1S/C10H12Br2O2/c1-6-2-3-7(8(12)4-6)10(14)9(13)5-11/h2-4,9-10,13-14H,5H2,1H3. The molecule has 2 nitrogen and oxygen atoms in total. The lowest BCUT2D eigenvalue weighted by Crippen LogP contribution is -2.19. The van der Waals surface area contributed by atoms with E-state index in [1.807, 2.05) is 25.1 Å². The molecule has 0 saturated heterocycles. The number of rotatable bonds is 3. The van der Waals surface area contributed by atoms with Crippen LogP contribution in [0.2, 0.25) is 0 Å². The van der Waals surface area contributed by atoms with Crippen molar-refractivity contribution < 1.29 is 10.2 Å². The Balaban J connectivity index is 2.95. The van der Waals surface area contributed by atoms with E-state index in [0.29, 0.717) is 10.9 Å². The molecule has 1 aromatic carbocycles. The quantitative estimate of drug-likeness (QED) is 0.839. The summed E-state index contributed by atoms with van der Waals surface area (Å²) in [5.74, 6) is 0. The highest BCUT2D eigenvalue weighted by atomic mass is 79.9. The first-order chi connectivity index (χ1) is 6.56. The van der Waals surface area contributed by atoms with Crippen LogP contribution in [-0.2, 0) is 0 Å². The molecule has 0 aliphatic heterocycles. The van der Waals surface area contributed by atoms with E-state index < -0.39 is 12.2 Å². The monoisotopic (exact) mass is 322 g/mol. The molecule has 0 spiro atoms. The van der Waals surface area contributed by atoms with Gasteiger partial charge in [0.15, 0.2) is 0 Å². The second-order valence-corrected chi connectivity index (χ2v) is 4.69. The molecule has 4 heteroatoms. The van der Waals surface area contributed by atoms with Crippen LogP contribution in [0.3, 0.4) is 0 Å². The largest absolute Gasteiger partial charge is 0.389 e. The van der Waals surface area contributed by atoms with Crippen LogP contribution in [0, 0.1) is 6.92 Å². The summed E-state index contributed by atoms with van der Waals surface area (Å²) in [7, 11) is 0. The Bertz CT molecular complexity index is 315. The van der Waals surface area contributed by atoms with Gasteiger partial charge in [0.05, 0.1) is 6.10 Å². The maximum Gasteiger partial charge on any atom is 0.107 e. The average Bonchev–Trinajstić information content (AvgIpc) is 2.15. The molecule has 0 aliphatic carbocycles. The van der Waals surface area contributed by atoms with Crippen molar-refractivity contribution in [2.75, 3.05) is 5.33 Å². The second-order valence-electron chi connectivity index (χ2n) is 3.19.